The van der Waals surface area contributed by atoms with Gasteiger partial charge in [-0.25, -0.2) is 0 Å². The Bertz CT molecular complexity index is 1730. The Hall–Kier alpha value is -4.45. The number of carbonyl (C=O) groups is 3. The summed E-state index contributed by atoms with van der Waals surface area (Å²) >= 11 is 0. The molecule has 0 radical (unpaired) electrons. The van der Waals surface area contributed by atoms with Crippen LogP contribution < -0.4 is 0 Å². The van der Waals surface area contributed by atoms with Crippen molar-refractivity contribution in [2.75, 3.05) is 13.2 Å². The molecular weight excluding hydrogens is 1010 g/mol. The number of hydrogen-bond donors (Lipinski definition) is 0. The highest BCUT2D eigenvalue weighted by Gasteiger charge is 2.19. The molecule has 466 valence electrons. The Kier molecular flexibility index (Phi) is 65.3. The second-order valence-electron chi connectivity index (χ2n) is 22.4. The number of rotatable bonds is 61. The Balaban J connectivity index is 4.32. The largest absolute Gasteiger partial charge is 0.462 e. The zero-order valence-electron chi connectivity index (χ0n) is 53.5. The van der Waals surface area contributed by atoms with Gasteiger partial charge in [0.1, 0.15) is 13.2 Å². The second kappa shape index (κ2) is 69.0. The molecule has 0 N–H and O–H groups in total. The van der Waals surface area contributed by atoms with E-state index in [4.69, 9.17) is 14.2 Å². The first-order valence-corrected chi connectivity index (χ1v) is 34.2. The Labute approximate surface area is 506 Å². The van der Waals surface area contributed by atoms with Crippen molar-refractivity contribution in [3.63, 3.8) is 0 Å². The minimum Gasteiger partial charge on any atom is -0.462 e. The lowest BCUT2D eigenvalue weighted by atomic mass is 10.0. The van der Waals surface area contributed by atoms with Crippen LogP contribution >= 0.6 is 0 Å². The zero-order chi connectivity index (χ0) is 59.2. The maximum absolute atomic E-state index is 12.9. The van der Waals surface area contributed by atoms with Crippen molar-refractivity contribution in [1.82, 2.24) is 0 Å². The predicted octanol–water partition coefficient (Wildman–Crippen LogP) is 23.7. The summed E-state index contributed by atoms with van der Waals surface area (Å²) in [5, 5.41) is 0. The summed E-state index contributed by atoms with van der Waals surface area (Å²) in [7, 11) is 0. The number of allylic oxidation sites excluding steroid dienone is 22. The van der Waals surface area contributed by atoms with Crippen LogP contribution in [0.15, 0.2) is 134 Å². The average molecular weight is 1140 g/mol. The van der Waals surface area contributed by atoms with Crippen LogP contribution in [0.3, 0.4) is 0 Å². The lowest BCUT2D eigenvalue weighted by molar-refractivity contribution is -0.167. The third-order valence-corrected chi connectivity index (χ3v) is 14.4. The smallest absolute Gasteiger partial charge is 0.306 e. The monoisotopic (exact) mass is 1130 g/mol. The van der Waals surface area contributed by atoms with Gasteiger partial charge in [-0.05, 0) is 122 Å². The quantitative estimate of drug-likeness (QED) is 0.0261. The molecule has 0 bridgehead atoms. The molecule has 6 nitrogen and oxygen atoms in total. The van der Waals surface area contributed by atoms with E-state index in [1.54, 1.807) is 0 Å². The summed E-state index contributed by atoms with van der Waals surface area (Å²) < 4.78 is 16.9. The fourth-order valence-corrected chi connectivity index (χ4v) is 9.29. The van der Waals surface area contributed by atoms with E-state index in [0.29, 0.717) is 19.3 Å². The number of hydrogen-bond acceptors (Lipinski definition) is 6. The Morgan fingerprint density at radius 1 is 0.256 bits per heavy atom. The molecule has 0 fully saturated rings. The number of esters is 3. The molecule has 0 rings (SSSR count). The van der Waals surface area contributed by atoms with Crippen molar-refractivity contribution >= 4 is 17.9 Å². The third-order valence-electron chi connectivity index (χ3n) is 14.4. The molecule has 82 heavy (non-hydrogen) atoms. The second-order valence-corrected chi connectivity index (χ2v) is 22.4. The van der Waals surface area contributed by atoms with E-state index in [0.717, 1.165) is 141 Å². The van der Waals surface area contributed by atoms with Gasteiger partial charge in [0.25, 0.3) is 0 Å². The number of unbranched alkanes of at least 4 members (excludes halogenated alkanes) is 28. The van der Waals surface area contributed by atoms with Gasteiger partial charge in [0.2, 0.25) is 0 Å². The molecule has 0 aromatic heterocycles. The first kappa shape index (κ1) is 77.5. The van der Waals surface area contributed by atoms with Gasteiger partial charge in [-0.3, -0.25) is 14.4 Å². The lowest BCUT2D eigenvalue weighted by Crippen LogP contribution is -2.30. The van der Waals surface area contributed by atoms with Crippen LogP contribution in [-0.4, -0.2) is 37.2 Å². The first-order chi connectivity index (χ1) is 40.5. The van der Waals surface area contributed by atoms with Gasteiger partial charge in [-0.1, -0.05) is 302 Å². The van der Waals surface area contributed by atoms with Crippen LogP contribution in [0.25, 0.3) is 0 Å². The predicted molar refractivity (Wildman–Crippen MR) is 357 cm³/mol. The van der Waals surface area contributed by atoms with Crippen molar-refractivity contribution in [3.8, 4) is 0 Å². The van der Waals surface area contributed by atoms with Gasteiger partial charge in [0.15, 0.2) is 6.10 Å². The van der Waals surface area contributed by atoms with Crippen LogP contribution in [0.5, 0.6) is 0 Å². The van der Waals surface area contributed by atoms with Crippen molar-refractivity contribution in [1.29, 1.82) is 0 Å². The van der Waals surface area contributed by atoms with Crippen molar-refractivity contribution < 1.29 is 28.6 Å². The highest BCUT2D eigenvalue weighted by Crippen LogP contribution is 2.16. The minimum atomic E-state index is -0.792. The normalized spacial score (nSPS) is 13.0. The van der Waals surface area contributed by atoms with E-state index in [-0.39, 0.29) is 31.1 Å². The van der Waals surface area contributed by atoms with E-state index in [2.05, 4.69) is 154 Å². The summed E-state index contributed by atoms with van der Waals surface area (Å²) in [6.07, 6.45) is 97.5. The third kappa shape index (κ3) is 66.4. The average Bonchev–Trinajstić information content (AvgIpc) is 3.47. The molecule has 0 aromatic rings. The number of carbonyl (C=O) groups excluding carboxylic acids is 3. The molecule has 0 aromatic carbocycles. The lowest BCUT2D eigenvalue weighted by Gasteiger charge is -2.18. The molecule has 6 heteroatoms. The summed E-state index contributed by atoms with van der Waals surface area (Å²) in [5.41, 5.74) is 0. The van der Waals surface area contributed by atoms with E-state index in [1.165, 1.54) is 128 Å². The molecule has 0 heterocycles. The van der Waals surface area contributed by atoms with E-state index < -0.39 is 6.10 Å². The van der Waals surface area contributed by atoms with Gasteiger partial charge < -0.3 is 14.2 Å². The Morgan fingerprint density at radius 2 is 0.476 bits per heavy atom. The molecule has 0 saturated heterocycles. The summed E-state index contributed by atoms with van der Waals surface area (Å²) in [5.74, 6) is -0.904. The fraction of sp³-hybridized carbons (Fsp3) is 0.671. The topological polar surface area (TPSA) is 78.9 Å². The van der Waals surface area contributed by atoms with Crippen LogP contribution in [0.1, 0.15) is 310 Å². The maximum atomic E-state index is 12.9. The minimum absolute atomic E-state index is 0.0860. The molecule has 1 atom stereocenters. The summed E-state index contributed by atoms with van der Waals surface area (Å²) in [6.45, 7) is 6.50. The maximum Gasteiger partial charge on any atom is 0.306 e. The molecule has 0 saturated carbocycles. The molecule has 0 aliphatic rings. The van der Waals surface area contributed by atoms with Gasteiger partial charge in [0, 0.05) is 19.3 Å². The molecule has 0 spiro atoms. The van der Waals surface area contributed by atoms with Gasteiger partial charge in [-0.2, -0.15) is 0 Å². The van der Waals surface area contributed by atoms with Gasteiger partial charge >= 0.3 is 17.9 Å². The molecule has 0 amide bonds. The van der Waals surface area contributed by atoms with Crippen LogP contribution in [-0.2, 0) is 28.6 Å². The first-order valence-electron chi connectivity index (χ1n) is 34.2. The molecule has 0 aliphatic heterocycles. The van der Waals surface area contributed by atoms with E-state index in [1.807, 2.05) is 0 Å². The van der Waals surface area contributed by atoms with Crippen molar-refractivity contribution in [2.24, 2.45) is 0 Å². The molecule has 1 unspecified atom stereocenters. The molecular formula is C76H126O6. The Morgan fingerprint density at radius 3 is 0.768 bits per heavy atom. The fourth-order valence-electron chi connectivity index (χ4n) is 9.29. The van der Waals surface area contributed by atoms with Crippen LogP contribution in [0.2, 0.25) is 0 Å². The SMILES string of the molecule is CC/C=C\C/C=C\C/C=C\C/C=C\C/C=C\C/C=C\C/C=C\C/C=C\C/C=C\CCCCCCCC(=O)OCC(COC(=O)CCCCCCCCCCCCCC)OC(=O)CCCCCCCCCCC/C=C\C/C=C\CCCCC. The van der Waals surface area contributed by atoms with Crippen LogP contribution in [0.4, 0.5) is 0 Å². The van der Waals surface area contributed by atoms with Gasteiger partial charge in [-0.15, -0.1) is 0 Å². The molecule has 0 aliphatic carbocycles. The van der Waals surface area contributed by atoms with Crippen molar-refractivity contribution in [3.05, 3.63) is 134 Å². The van der Waals surface area contributed by atoms with E-state index in [9.17, 15) is 14.4 Å². The number of ether oxygens (including phenoxy) is 3. The van der Waals surface area contributed by atoms with Crippen LogP contribution in [0, 0.1) is 0 Å². The van der Waals surface area contributed by atoms with Crippen molar-refractivity contribution in [2.45, 2.75) is 316 Å². The van der Waals surface area contributed by atoms with E-state index >= 15 is 0 Å². The zero-order valence-corrected chi connectivity index (χ0v) is 53.5. The standard InChI is InChI=1S/C76H126O6/c1-4-7-10-13-16-19-22-25-27-29-31-32-33-34-35-36-37-38-39-40-41-42-43-44-46-47-49-51-54-57-60-63-66-69-75(78)81-72-73(71-80-74(77)68-65-62-59-56-53-24-21-18-15-12-9-6-3)82-76(79)70-67-64-61-58-55-52-50-48-45-30-28-26-23-20-17-14-11-8-5-2/h7,10,16-17,19-20,25-28,31-32,34-35,37-38,40-41,43-44,47,49,73H,4-6,8-9,11-15,18,21-24,29-30,33,36,39,42,45-46,48,50-72H2,1-3H3/b10-7-,19-16-,20-17-,27-25-,28-26-,32-31-,35-34-,38-37-,41-40-,44-43-,49-47-. The highest BCUT2D eigenvalue weighted by atomic mass is 16.6. The summed E-state index contributed by atoms with van der Waals surface area (Å²) in [6, 6.07) is 0. The summed E-state index contributed by atoms with van der Waals surface area (Å²) in [4.78, 5) is 38.3. The highest BCUT2D eigenvalue weighted by molar-refractivity contribution is 5.71. The van der Waals surface area contributed by atoms with Gasteiger partial charge in [0.05, 0.1) is 0 Å².